The number of hydrogen-bond donors (Lipinski definition) is 0. The molecule has 0 unspecified atom stereocenters. The SMILES string of the molecule is COCCN1C(=O)C(SCc2ccccc2)=C(c2ccc(Cl)cc2Cl)C1=O. The van der Waals surface area contributed by atoms with Crippen molar-refractivity contribution in [1.29, 1.82) is 0 Å². The average Bonchev–Trinajstić information content (AvgIpc) is 2.89. The zero-order valence-electron chi connectivity index (χ0n) is 14.6. The third kappa shape index (κ3) is 4.38. The maximum Gasteiger partial charge on any atom is 0.268 e. The monoisotopic (exact) mass is 421 g/mol. The van der Waals surface area contributed by atoms with Gasteiger partial charge in [0.15, 0.2) is 0 Å². The Morgan fingerprint density at radius 2 is 1.78 bits per heavy atom. The van der Waals surface area contributed by atoms with Crippen LogP contribution in [-0.4, -0.2) is 37.0 Å². The number of imide groups is 1. The topological polar surface area (TPSA) is 46.6 Å². The second kappa shape index (κ2) is 8.93. The van der Waals surface area contributed by atoms with E-state index >= 15 is 0 Å². The highest BCUT2D eigenvalue weighted by atomic mass is 35.5. The highest BCUT2D eigenvalue weighted by Crippen LogP contribution is 2.40. The van der Waals surface area contributed by atoms with E-state index in [9.17, 15) is 9.59 Å². The van der Waals surface area contributed by atoms with Gasteiger partial charge in [-0.25, -0.2) is 0 Å². The molecule has 140 valence electrons. The predicted octanol–water partition coefficient (Wildman–Crippen LogP) is 4.65. The number of methoxy groups -OCH3 is 1. The van der Waals surface area contributed by atoms with Gasteiger partial charge in [0, 0.05) is 23.4 Å². The van der Waals surface area contributed by atoms with Gasteiger partial charge in [-0.3, -0.25) is 14.5 Å². The first-order chi connectivity index (χ1) is 13.0. The van der Waals surface area contributed by atoms with Crippen LogP contribution in [0.2, 0.25) is 10.0 Å². The summed E-state index contributed by atoms with van der Waals surface area (Å²) in [5, 5.41) is 0.806. The molecule has 3 rings (SSSR count). The molecular weight excluding hydrogens is 405 g/mol. The van der Waals surface area contributed by atoms with Crippen molar-refractivity contribution in [3.63, 3.8) is 0 Å². The van der Waals surface area contributed by atoms with E-state index in [0.29, 0.717) is 31.8 Å². The van der Waals surface area contributed by atoms with Gasteiger partial charge in [0.25, 0.3) is 11.8 Å². The molecule has 2 aromatic carbocycles. The molecular formula is C20H17Cl2NO3S. The van der Waals surface area contributed by atoms with Gasteiger partial charge in [-0.05, 0) is 17.7 Å². The average molecular weight is 422 g/mol. The number of carbonyl (C=O) groups excluding carboxylic acids is 2. The first kappa shape index (κ1) is 20.0. The normalized spacial score (nSPS) is 14.4. The van der Waals surface area contributed by atoms with E-state index in [-0.39, 0.29) is 25.0 Å². The number of thioether (sulfide) groups is 1. The third-order valence-corrected chi connectivity index (χ3v) is 5.76. The van der Waals surface area contributed by atoms with Crippen LogP contribution in [0.15, 0.2) is 53.4 Å². The lowest BCUT2D eigenvalue weighted by atomic mass is 10.1. The van der Waals surface area contributed by atoms with Gasteiger partial charge in [0.1, 0.15) is 0 Å². The van der Waals surface area contributed by atoms with E-state index < -0.39 is 0 Å². The Morgan fingerprint density at radius 3 is 2.44 bits per heavy atom. The van der Waals surface area contributed by atoms with Gasteiger partial charge in [0.2, 0.25) is 0 Å². The number of ether oxygens (including phenoxy) is 1. The number of carbonyl (C=O) groups is 2. The Hall–Kier alpha value is -1.79. The van der Waals surface area contributed by atoms with Crippen molar-refractivity contribution in [2.24, 2.45) is 0 Å². The summed E-state index contributed by atoms with van der Waals surface area (Å²) in [6, 6.07) is 14.7. The van der Waals surface area contributed by atoms with E-state index in [4.69, 9.17) is 27.9 Å². The molecule has 0 atom stereocenters. The van der Waals surface area contributed by atoms with E-state index in [2.05, 4.69) is 0 Å². The first-order valence-electron chi connectivity index (χ1n) is 8.24. The summed E-state index contributed by atoms with van der Waals surface area (Å²) in [6.45, 7) is 0.466. The van der Waals surface area contributed by atoms with E-state index in [1.807, 2.05) is 30.3 Å². The molecule has 0 aliphatic carbocycles. The van der Waals surface area contributed by atoms with Gasteiger partial charge >= 0.3 is 0 Å². The molecule has 4 nitrogen and oxygen atoms in total. The zero-order valence-corrected chi connectivity index (χ0v) is 16.9. The fraction of sp³-hybridized carbons (Fsp3) is 0.200. The highest BCUT2D eigenvalue weighted by Gasteiger charge is 2.39. The Balaban J connectivity index is 1.98. The summed E-state index contributed by atoms with van der Waals surface area (Å²) in [7, 11) is 1.53. The first-order valence-corrected chi connectivity index (χ1v) is 9.98. The second-order valence-electron chi connectivity index (χ2n) is 5.86. The Labute approximate surface area is 172 Å². The minimum absolute atomic E-state index is 0.193. The second-order valence-corrected chi connectivity index (χ2v) is 7.69. The number of rotatable bonds is 7. The summed E-state index contributed by atoms with van der Waals surface area (Å²) in [5.41, 5.74) is 1.89. The molecule has 2 amide bonds. The lowest BCUT2D eigenvalue weighted by Gasteiger charge is -2.14. The molecule has 0 saturated carbocycles. The molecule has 7 heteroatoms. The van der Waals surface area contributed by atoms with Crippen LogP contribution in [0, 0.1) is 0 Å². The van der Waals surface area contributed by atoms with Crippen LogP contribution in [-0.2, 0) is 20.1 Å². The lowest BCUT2D eigenvalue weighted by Crippen LogP contribution is -2.34. The minimum Gasteiger partial charge on any atom is -0.383 e. The number of hydrogen-bond acceptors (Lipinski definition) is 4. The maximum atomic E-state index is 13.0. The molecule has 0 aromatic heterocycles. The number of benzene rings is 2. The van der Waals surface area contributed by atoms with Gasteiger partial charge in [-0.1, -0.05) is 59.6 Å². The van der Waals surface area contributed by atoms with E-state index in [0.717, 1.165) is 5.56 Å². The molecule has 0 radical (unpaired) electrons. The van der Waals surface area contributed by atoms with Crippen LogP contribution < -0.4 is 0 Å². The smallest absolute Gasteiger partial charge is 0.268 e. The number of halogens is 2. The van der Waals surface area contributed by atoms with E-state index in [1.54, 1.807) is 18.2 Å². The van der Waals surface area contributed by atoms with Crippen molar-refractivity contribution in [2.45, 2.75) is 5.75 Å². The lowest BCUT2D eigenvalue weighted by molar-refractivity contribution is -0.137. The van der Waals surface area contributed by atoms with Gasteiger partial charge in [-0.15, -0.1) is 11.8 Å². The van der Waals surface area contributed by atoms with Crippen molar-refractivity contribution in [1.82, 2.24) is 4.90 Å². The molecule has 2 aromatic rings. The molecule has 0 fully saturated rings. The molecule has 0 bridgehead atoms. The van der Waals surface area contributed by atoms with Crippen LogP contribution in [0.1, 0.15) is 11.1 Å². The maximum absolute atomic E-state index is 13.0. The van der Waals surface area contributed by atoms with Crippen LogP contribution in [0.25, 0.3) is 5.57 Å². The van der Waals surface area contributed by atoms with Gasteiger partial charge < -0.3 is 4.74 Å². The van der Waals surface area contributed by atoms with Crippen molar-refractivity contribution >= 4 is 52.4 Å². The third-order valence-electron chi connectivity index (χ3n) is 4.07. The Bertz CT molecular complexity index is 899. The molecule has 1 aliphatic rings. The minimum atomic E-state index is -0.364. The summed E-state index contributed by atoms with van der Waals surface area (Å²) < 4.78 is 5.03. The van der Waals surface area contributed by atoms with Crippen LogP contribution >= 0.6 is 35.0 Å². The highest BCUT2D eigenvalue weighted by molar-refractivity contribution is 8.03. The van der Waals surface area contributed by atoms with Crippen molar-refractivity contribution in [3.05, 3.63) is 74.6 Å². The summed E-state index contributed by atoms with van der Waals surface area (Å²) in [6.07, 6.45) is 0. The number of amides is 2. The van der Waals surface area contributed by atoms with Gasteiger partial charge in [-0.2, -0.15) is 0 Å². The summed E-state index contributed by atoms with van der Waals surface area (Å²) in [4.78, 5) is 27.5. The van der Waals surface area contributed by atoms with Crippen LogP contribution in [0.3, 0.4) is 0 Å². The van der Waals surface area contributed by atoms with Crippen LogP contribution in [0.5, 0.6) is 0 Å². The van der Waals surface area contributed by atoms with Crippen molar-refractivity contribution in [3.8, 4) is 0 Å². The van der Waals surface area contributed by atoms with Gasteiger partial charge in [0.05, 0.1) is 28.7 Å². The van der Waals surface area contributed by atoms with Crippen LogP contribution in [0.4, 0.5) is 0 Å². The van der Waals surface area contributed by atoms with Crippen molar-refractivity contribution in [2.75, 3.05) is 20.3 Å². The number of nitrogens with zero attached hydrogens (tertiary/aromatic N) is 1. The fourth-order valence-electron chi connectivity index (χ4n) is 2.73. The molecule has 0 N–H and O–H groups in total. The molecule has 0 spiro atoms. The molecule has 1 heterocycles. The fourth-order valence-corrected chi connectivity index (χ4v) is 4.31. The quantitative estimate of drug-likeness (QED) is 0.610. The standard InChI is InChI=1S/C20H17Cl2NO3S/c1-26-10-9-23-19(24)17(15-8-7-14(21)11-16(15)22)18(20(23)25)27-12-13-5-3-2-4-6-13/h2-8,11H,9-10,12H2,1H3. The predicted molar refractivity (Wildman–Crippen MR) is 110 cm³/mol. The summed E-state index contributed by atoms with van der Waals surface area (Å²) >= 11 is 13.6. The van der Waals surface area contributed by atoms with Crippen molar-refractivity contribution < 1.29 is 14.3 Å². The summed E-state index contributed by atoms with van der Waals surface area (Å²) in [5.74, 6) is -0.113. The Kier molecular flexibility index (Phi) is 6.60. The molecule has 27 heavy (non-hydrogen) atoms. The van der Waals surface area contributed by atoms with E-state index in [1.165, 1.54) is 23.8 Å². The Morgan fingerprint density at radius 1 is 1.04 bits per heavy atom. The zero-order chi connectivity index (χ0) is 19.4. The molecule has 1 aliphatic heterocycles. The molecule has 0 saturated heterocycles. The largest absolute Gasteiger partial charge is 0.383 e.